The molecule has 0 saturated carbocycles. The summed E-state index contributed by atoms with van der Waals surface area (Å²) in [5.41, 5.74) is 4.43. The third-order valence-electron chi connectivity index (χ3n) is 6.85. The summed E-state index contributed by atoms with van der Waals surface area (Å²) in [5, 5.41) is 0.733. The van der Waals surface area contributed by atoms with Gasteiger partial charge in [-0.3, -0.25) is 9.88 Å². The Labute approximate surface area is 223 Å². The van der Waals surface area contributed by atoms with Crippen molar-refractivity contribution in [1.29, 1.82) is 0 Å². The highest BCUT2D eigenvalue weighted by Gasteiger charge is 2.29. The third kappa shape index (κ3) is 6.30. The molecule has 5 nitrogen and oxygen atoms in total. The zero-order valence-corrected chi connectivity index (χ0v) is 21.4. The van der Waals surface area contributed by atoms with Gasteiger partial charge in [-0.2, -0.15) is 0 Å². The molecule has 1 atom stereocenters. The Balaban J connectivity index is 1.17. The van der Waals surface area contributed by atoms with Gasteiger partial charge in [-0.25, -0.2) is 4.79 Å². The van der Waals surface area contributed by atoms with E-state index in [-0.39, 0.29) is 6.03 Å². The number of carbonyl (C=O) groups excluding carboxylic acids is 1. The van der Waals surface area contributed by atoms with Gasteiger partial charge in [0.05, 0.1) is 6.61 Å². The maximum atomic E-state index is 13.0. The summed E-state index contributed by atoms with van der Waals surface area (Å²) in [5.74, 6) is 1.16. The fraction of sp³-hybridized carbons (Fsp3) is 0.226. The fourth-order valence-electron chi connectivity index (χ4n) is 4.77. The first-order valence-electron chi connectivity index (χ1n) is 12.7. The van der Waals surface area contributed by atoms with Crippen LogP contribution in [0.4, 0.5) is 10.5 Å². The zero-order chi connectivity index (χ0) is 25.5. The Morgan fingerprint density at radius 1 is 0.811 bits per heavy atom. The van der Waals surface area contributed by atoms with Gasteiger partial charge in [0.1, 0.15) is 5.75 Å². The molecule has 1 aromatic heterocycles. The fourth-order valence-corrected chi connectivity index (χ4v) is 4.90. The lowest BCUT2D eigenvalue weighted by Crippen LogP contribution is -2.33. The van der Waals surface area contributed by atoms with E-state index < -0.39 is 0 Å². The summed E-state index contributed by atoms with van der Waals surface area (Å²) in [6.45, 7) is 2.76. The monoisotopic (exact) mass is 511 g/mol. The van der Waals surface area contributed by atoms with Gasteiger partial charge in [-0.1, -0.05) is 66.2 Å². The Bertz CT molecular complexity index is 1280. The minimum Gasteiger partial charge on any atom is -0.494 e. The molecule has 0 aliphatic carbocycles. The molecule has 1 aliphatic heterocycles. The number of ether oxygens (including phenoxy) is 1. The highest BCUT2D eigenvalue weighted by atomic mass is 35.5. The van der Waals surface area contributed by atoms with Crippen LogP contribution < -0.4 is 9.64 Å². The molecule has 4 aromatic rings. The number of hydrogen-bond donors (Lipinski definition) is 0. The second-order valence-corrected chi connectivity index (χ2v) is 9.63. The lowest BCUT2D eigenvalue weighted by atomic mass is 9.92. The summed E-state index contributed by atoms with van der Waals surface area (Å²) in [6.07, 6.45) is 5.21. The molecular formula is C31H30ClN3O2. The SMILES string of the molecule is O=C1N(CCC(CCOc2ccc(-c3ccc(Cl)cc3)cc2)c2ccccc2)CCN1c1ccncc1. The average Bonchev–Trinajstić information content (AvgIpc) is 3.32. The van der Waals surface area contributed by atoms with E-state index in [1.807, 2.05) is 64.4 Å². The molecule has 6 heteroatoms. The van der Waals surface area contributed by atoms with E-state index in [2.05, 4.69) is 41.4 Å². The predicted molar refractivity (Wildman–Crippen MR) is 149 cm³/mol. The largest absolute Gasteiger partial charge is 0.494 e. The Morgan fingerprint density at radius 2 is 1.49 bits per heavy atom. The number of rotatable bonds is 10. The molecule has 0 spiro atoms. The van der Waals surface area contributed by atoms with E-state index in [1.54, 1.807) is 12.4 Å². The van der Waals surface area contributed by atoms with Gasteiger partial charge in [-0.05, 0) is 71.8 Å². The number of carbonyl (C=O) groups is 1. The molecular weight excluding hydrogens is 482 g/mol. The quantitative estimate of drug-likeness (QED) is 0.224. The number of amides is 2. The molecule has 1 fully saturated rings. The Morgan fingerprint density at radius 3 is 2.19 bits per heavy atom. The smallest absolute Gasteiger partial charge is 0.324 e. The molecule has 1 unspecified atom stereocenters. The van der Waals surface area contributed by atoms with E-state index in [4.69, 9.17) is 16.3 Å². The predicted octanol–water partition coefficient (Wildman–Crippen LogP) is 7.29. The molecule has 1 saturated heterocycles. The zero-order valence-electron chi connectivity index (χ0n) is 20.7. The summed E-state index contributed by atoms with van der Waals surface area (Å²) < 4.78 is 6.12. The number of hydrogen-bond acceptors (Lipinski definition) is 3. The standard InChI is InChI=1S/C31H30ClN3O2/c32-28-10-6-25(7-11-28)26-8-12-30(13-9-26)37-23-17-27(24-4-2-1-3-5-24)16-20-34-21-22-35(31(34)36)29-14-18-33-19-15-29/h1-15,18-19,27H,16-17,20-23H2. The van der Waals surface area contributed by atoms with Crippen molar-refractivity contribution < 1.29 is 9.53 Å². The average molecular weight is 512 g/mol. The molecule has 0 radical (unpaired) electrons. The van der Waals surface area contributed by atoms with Crippen molar-refractivity contribution in [3.8, 4) is 16.9 Å². The van der Waals surface area contributed by atoms with Crippen LogP contribution in [0.15, 0.2) is 103 Å². The maximum absolute atomic E-state index is 13.0. The minimum atomic E-state index is 0.0649. The van der Waals surface area contributed by atoms with Gasteiger partial charge >= 0.3 is 6.03 Å². The van der Waals surface area contributed by atoms with Gasteiger partial charge in [0.15, 0.2) is 0 Å². The van der Waals surface area contributed by atoms with Crippen LogP contribution in [0, 0.1) is 0 Å². The van der Waals surface area contributed by atoms with E-state index in [1.165, 1.54) is 5.56 Å². The van der Waals surface area contributed by atoms with E-state index in [9.17, 15) is 4.79 Å². The number of urea groups is 1. The molecule has 2 amide bonds. The second-order valence-electron chi connectivity index (χ2n) is 9.19. The van der Waals surface area contributed by atoms with E-state index in [0.29, 0.717) is 19.1 Å². The van der Waals surface area contributed by atoms with Gasteiger partial charge in [0.25, 0.3) is 0 Å². The lowest BCUT2D eigenvalue weighted by Gasteiger charge is -2.23. The number of nitrogens with zero attached hydrogens (tertiary/aromatic N) is 3. The molecule has 0 N–H and O–H groups in total. The van der Waals surface area contributed by atoms with Crippen LogP contribution in [0.25, 0.3) is 11.1 Å². The van der Waals surface area contributed by atoms with Crippen molar-refractivity contribution in [3.63, 3.8) is 0 Å². The van der Waals surface area contributed by atoms with Crippen LogP contribution in [-0.2, 0) is 0 Å². The number of halogens is 1. The van der Waals surface area contributed by atoms with Crippen LogP contribution >= 0.6 is 11.6 Å². The first kappa shape index (κ1) is 24.8. The van der Waals surface area contributed by atoms with Crippen LogP contribution in [-0.4, -0.2) is 42.2 Å². The highest BCUT2D eigenvalue weighted by Crippen LogP contribution is 2.28. The topological polar surface area (TPSA) is 45.7 Å². The number of benzene rings is 3. The van der Waals surface area contributed by atoms with Crippen molar-refractivity contribution in [2.45, 2.75) is 18.8 Å². The molecule has 188 valence electrons. The summed E-state index contributed by atoms with van der Waals surface area (Å²) in [6, 6.07) is 30.4. The molecule has 5 rings (SSSR count). The Hall–Kier alpha value is -3.83. The van der Waals surface area contributed by atoms with Crippen LogP contribution in [0.1, 0.15) is 24.3 Å². The van der Waals surface area contributed by atoms with Crippen molar-refractivity contribution in [3.05, 3.63) is 114 Å². The van der Waals surface area contributed by atoms with Gasteiger partial charge in [0, 0.05) is 42.7 Å². The number of anilines is 1. The van der Waals surface area contributed by atoms with Gasteiger partial charge in [-0.15, -0.1) is 0 Å². The normalized spacial score (nSPS) is 14.1. The molecule has 2 heterocycles. The Kier molecular flexibility index (Phi) is 8.02. The summed E-state index contributed by atoms with van der Waals surface area (Å²) >= 11 is 6.01. The first-order chi connectivity index (χ1) is 18.2. The van der Waals surface area contributed by atoms with Crippen LogP contribution in [0.5, 0.6) is 5.75 Å². The summed E-state index contributed by atoms with van der Waals surface area (Å²) in [4.78, 5) is 20.8. The summed E-state index contributed by atoms with van der Waals surface area (Å²) in [7, 11) is 0. The van der Waals surface area contributed by atoms with Crippen LogP contribution in [0.3, 0.4) is 0 Å². The number of aromatic nitrogens is 1. The van der Waals surface area contributed by atoms with Crippen molar-refractivity contribution >= 4 is 23.3 Å². The van der Waals surface area contributed by atoms with Crippen molar-refractivity contribution in [2.24, 2.45) is 0 Å². The first-order valence-corrected chi connectivity index (χ1v) is 13.1. The minimum absolute atomic E-state index is 0.0649. The third-order valence-corrected chi connectivity index (χ3v) is 7.11. The van der Waals surface area contributed by atoms with E-state index in [0.717, 1.165) is 53.5 Å². The molecule has 0 bridgehead atoms. The molecule has 1 aliphatic rings. The highest BCUT2D eigenvalue weighted by molar-refractivity contribution is 6.30. The van der Waals surface area contributed by atoms with Gasteiger partial charge in [0.2, 0.25) is 0 Å². The van der Waals surface area contributed by atoms with Crippen molar-refractivity contribution in [2.75, 3.05) is 31.1 Å². The number of pyridine rings is 1. The maximum Gasteiger partial charge on any atom is 0.324 e. The van der Waals surface area contributed by atoms with E-state index >= 15 is 0 Å². The van der Waals surface area contributed by atoms with Crippen molar-refractivity contribution in [1.82, 2.24) is 9.88 Å². The molecule has 37 heavy (non-hydrogen) atoms. The second kappa shape index (κ2) is 11.9. The lowest BCUT2D eigenvalue weighted by molar-refractivity contribution is 0.217. The van der Waals surface area contributed by atoms with Crippen LogP contribution in [0.2, 0.25) is 5.02 Å². The van der Waals surface area contributed by atoms with Gasteiger partial charge < -0.3 is 9.64 Å². The molecule has 3 aromatic carbocycles.